The molecule has 0 spiro atoms. The molecule has 1 amide bonds. The number of rotatable bonds is 5. The lowest BCUT2D eigenvalue weighted by molar-refractivity contribution is 0.0798. The molecular weight excluding hydrogens is 332 g/mol. The highest BCUT2D eigenvalue weighted by Crippen LogP contribution is 2.50. The van der Waals surface area contributed by atoms with Crippen LogP contribution < -0.4 is 5.32 Å². The van der Waals surface area contributed by atoms with Gasteiger partial charge in [-0.3, -0.25) is 9.69 Å². The van der Waals surface area contributed by atoms with Gasteiger partial charge >= 0.3 is 0 Å². The molecule has 4 heteroatoms. The topological polar surface area (TPSA) is 32.3 Å². The van der Waals surface area contributed by atoms with Crippen LogP contribution in [0.15, 0.2) is 48.5 Å². The molecule has 1 aliphatic carbocycles. The summed E-state index contributed by atoms with van der Waals surface area (Å²) in [4.78, 5) is 15.2. The van der Waals surface area contributed by atoms with Crippen LogP contribution in [-0.4, -0.2) is 29.4 Å². The second-order valence-corrected chi connectivity index (χ2v) is 7.94. The van der Waals surface area contributed by atoms with Crippen molar-refractivity contribution < 1.29 is 4.79 Å². The van der Waals surface area contributed by atoms with E-state index in [0.29, 0.717) is 17.1 Å². The van der Waals surface area contributed by atoms with Crippen molar-refractivity contribution in [2.24, 2.45) is 5.92 Å². The molecule has 1 saturated carbocycles. The van der Waals surface area contributed by atoms with Crippen LogP contribution in [-0.2, 0) is 6.54 Å². The van der Waals surface area contributed by atoms with Crippen molar-refractivity contribution in [2.45, 2.75) is 31.8 Å². The molecule has 2 aliphatic heterocycles. The number of amides is 1. The maximum absolute atomic E-state index is 12.6. The number of fused-ring (bicyclic) bond motifs is 1. The van der Waals surface area contributed by atoms with Gasteiger partial charge in [0.15, 0.2) is 0 Å². The Kier molecular flexibility index (Phi) is 4.30. The Bertz CT molecular complexity index is 784. The zero-order valence-corrected chi connectivity index (χ0v) is 15.2. The van der Waals surface area contributed by atoms with Crippen molar-refractivity contribution >= 4 is 17.5 Å². The third-order valence-corrected chi connectivity index (χ3v) is 5.96. The molecule has 130 valence electrons. The van der Waals surface area contributed by atoms with Crippen molar-refractivity contribution in [3.05, 3.63) is 70.2 Å². The van der Waals surface area contributed by atoms with Crippen LogP contribution in [0.4, 0.5) is 0 Å². The zero-order valence-electron chi connectivity index (χ0n) is 14.5. The quantitative estimate of drug-likeness (QED) is 0.878. The zero-order chi connectivity index (χ0) is 17.4. The number of halogens is 1. The molecule has 0 atom stereocenters. The Morgan fingerprint density at radius 2 is 2.00 bits per heavy atom. The molecule has 5 rings (SSSR count). The van der Waals surface area contributed by atoms with Crippen molar-refractivity contribution in [1.82, 2.24) is 10.2 Å². The molecule has 3 fully saturated rings. The highest BCUT2D eigenvalue weighted by molar-refractivity contribution is 6.31. The summed E-state index contributed by atoms with van der Waals surface area (Å²) in [5, 5.41) is 3.76. The summed E-state index contributed by atoms with van der Waals surface area (Å²) in [6.45, 7) is 4.76. The van der Waals surface area contributed by atoms with Gasteiger partial charge in [-0.15, -0.1) is 0 Å². The molecule has 3 nitrogen and oxygen atoms in total. The molecule has 25 heavy (non-hydrogen) atoms. The minimum Gasteiger partial charge on any atom is -0.350 e. The van der Waals surface area contributed by atoms with Crippen molar-refractivity contribution in [1.29, 1.82) is 0 Å². The van der Waals surface area contributed by atoms with Gasteiger partial charge in [-0.2, -0.15) is 0 Å². The third kappa shape index (κ3) is 3.19. The van der Waals surface area contributed by atoms with E-state index < -0.39 is 0 Å². The fourth-order valence-electron chi connectivity index (χ4n) is 4.38. The maximum Gasteiger partial charge on any atom is 0.251 e. The van der Waals surface area contributed by atoms with Crippen LogP contribution in [0, 0.1) is 12.8 Å². The number of carbonyl (C=O) groups is 1. The van der Waals surface area contributed by atoms with Gasteiger partial charge in [-0.25, -0.2) is 0 Å². The Labute approximate surface area is 154 Å². The van der Waals surface area contributed by atoms with Gasteiger partial charge < -0.3 is 5.32 Å². The lowest BCUT2D eigenvalue weighted by Gasteiger charge is -2.42. The van der Waals surface area contributed by atoms with Gasteiger partial charge in [-0.05, 0) is 48.9 Å². The van der Waals surface area contributed by atoms with E-state index in [2.05, 4.69) is 40.5 Å². The second kappa shape index (κ2) is 6.47. The number of carbonyl (C=O) groups excluding carboxylic acids is 1. The first-order valence-electron chi connectivity index (χ1n) is 8.89. The average Bonchev–Trinajstić information content (AvgIpc) is 3.09. The van der Waals surface area contributed by atoms with Gasteiger partial charge in [0.25, 0.3) is 5.91 Å². The highest BCUT2D eigenvalue weighted by atomic mass is 35.5. The molecule has 2 aromatic rings. The lowest BCUT2D eigenvalue weighted by atomic mass is 9.73. The predicted molar refractivity (Wildman–Crippen MR) is 101 cm³/mol. The number of hydrogen-bond donors (Lipinski definition) is 1. The number of hydrogen-bond acceptors (Lipinski definition) is 2. The van der Waals surface area contributed by atoms with Crippen LogP contribution in [0.5, 0.6) is 0 Å². The first-order chi connectivity index (χ1) is 12.1. The second-order valence-electron chi connectivity index (χ2n) is 7.51. The minimum absolute atomic E-state index is 0.0237. The Morgan fingerprint density at radius 3 is 2.76 bits per heavy atom. The van der Waals surface area contributed by atoms with E-state index in [1.165, 1.54) is 18.4 Å². The Morgan fingerprint density at radius 1 is 1.24 bits per heavy atom. The van der Waals surface area contributed by atoms with Gasteiger partial charge in [-0.1, -0.05) is 48.0 Å². The van der Waals surface area contributed by atoms with E-state index in [4.69, 9.17) is 11.6 Å². The molecular formula is C21H23ClN2O. The largest absolute Gasteiger partial charge is 0.350 e. The van der Waals surface area contributed by atoms with Gasteiger partial charge in [0.2, 0.25) is 0 Å². The van der Waals surface area contributed by atoms with E-state index in [1.807, 2.05) is 19.1 Å². The summed E-state index contributed by atoms with van der Waals surface area (Å²) in [6.07, 6.45) is 2.38. The van der Waals surface area contributed by atoms with E-state index in [9.17, 15) is 4.79 Å². The molecule has 3 aliphatic rings. The van der Waals surface area contributed by atoms with Crippen LogP contribution in [0.3, 0.4) is 0 Å². The summed E-state index contributed by atoms with van der Waals surface area (Å²) in [5.74, 6) is 0.762. The monoisotopic (exact) mass is 354 g/mol. The summed E-state index contributed by atoms with van der Waals surface area (Å²) >= 11 is 6.05. The molecule has 0 unspecified atom stereocenters. The summed E-state index contributed by atoms with van der Waals surface area (Å²) in [7, 11) is 0. The van der Waals surface area contributed by atoms with Crippen molar-refractivity contribution in [3.63, 3.8) is 0 Å². The van der Waals surface area contributed by atoms with E-state index in [0.717, 1.165) is 24.6 Å². The van der Waals surface area contributed by atoms with Gasteiger partial charge in [0.1, 0.15) is 0 Å². The predicted octanol–water partition coefficient (Wildman–Crippen LogP) is 4.04. The van der Waals surface area contributed by atoms with E-state index >= 15 is 0 Å². The molecule has 1 N–H and O–H groups in total. The Balaban J connectivity index is 1.43. The third-order valence-electron chi connectivity index (χ3n) is 5.73. The number of aryl methyl sites for hydroxylation is 1. The molecule has 2 heterocycles. The van der Waals surface area contributed by atoms with E-state index in [-0.39, 0.29) is 11.4 Å². The average molecular weight is 355 g/mol. The SMILES string of the molecule is Cc1ccc(Cl)cc1C(=O)NCC12CC(CN1Cc1ccccc1)C2. The fourth-order valence-corrected chi connectivity index (χ4v) is 4.55. The smallest absolute Gasteiger partial charge is 0.251 e. The summed E-state index contributed by atoms with van der Waals surface area (Å²) < 4.78 is 0. The first-order valence-corrected chi connectivity index (χ1v) is 9.27. The van der Waals surface area contributed by atoms with Crippen LogP contribution in [0.25, 0.3) is 0 Å². The van der Waals surface area contributed by atoms with E-state index in [1.54, 1.807) is 6.07 Å². The number of nitrogens with zero attached hydrogens (tertiary/aromatic N) is 1. The molecule has 0 radical (unpaired) electrons. The van der Waals surface area contributed by atoms with Crippen molar-refractivity contribution in [3.8, 4) is 0 Å². The standard InChI is InChI=1S/C21H23ClN2O/c1-15-7-8-18(22)9-19(15)20(25)23-14-21-10-17(11-21)13-24(21)12-16-5-3-2-4-6-16/h2-9,17H,10-14H2,1H3,(H,23,25). The summed E-state index contributed by atoms with van der Waals surface area (Å²) in [6, 6.07) is 16.1. The first kappa shape index (κ1) is 16.6. The van der Waals surface area contributed by atoms with Crippen LogP contribution in [0.2, 0.25) is 5.02 Å². The minimum atomic E-state index is -0.0237. The number of benzene rings is 2. The van der Waals surface area contributed by atoms with Gasteiger partial charge in [0.05, 0.1) is 0 Å². The van der Waals surface area contributed by atoms with Crippen LogP contribution in [0.1, 0.15) is 34.3 Å². The van der Waals surface area contributed by atoms with Gasteiger partial charge in [0, 0.05) is 35.8 Å². The molecule has 2 saturated heterocycles. The molecule has 0 aromatic heterocycles. The summed E-state index contributed by atoms with van der Waals surface area (Å²) in [5.41, 5.74) is 3.10. The highest BCUT2D eigenvalue weighted by Gasteiger charge is 2.55. The van der Waals surface area contributed by atoms with Crippen molar-refractivity contribution in [2.75, 3.05) is 13.1 Å². The maximum atomic E-state index is 12.6. The Hall–Kier alpha value is -1.84. The molecule has 2 bridgehead atoms. The number of nitrogens with one attached hydrogen (secondary N) is 1. The van der Waals surface area contributed by atoms with Crippen LogP contribution >= 0.6 is 11.6 Å². The molecule has 2 aromatic carbocycles. The lowest BCUT2D eigenvalue weighted by Crippen LogP contribution is -2.53. The normalized spacial score (nSPS) is 24.8. The fraction of sp³-hybridized carbons (Fsp3) is 0.381.